The predicted octanol–water partition coefficient (Wildman–Crippen LogP) is 5.42. The topological polar surface area (TPSA) is 0 Å². The molecule has 0 amide bonds. The Morgan fingerprint density at radius 3 is 2.50 bits per heavy atom. The number of aryl methyl sites for hydroxylation is 1. The zero-order chi connectivity index (χ0) is 13.1. The van der Waals surface area contributed by atoms with Crippen LogP contribution in [0, 0.1) is 12.7 Å². The summed E-state index contributed by atoms with van der Waals surface area (Å²) in [7, 11) is 0. The molecule has 0 N–H and O–H groups in total. The largest absolute Gasteiger partial charge is 0.207 e. The van der Waals surface area contributed by atoms with Crippen molar-refractivity contribution in [2.45, 2.75) is 18.7 Å². The van der Waals surface area contributed by atoms with Crippen molar-refractivity contribution in [3.63, 3.8) is 0 Å². The van der Waals surface area contributed by atoms with Gasteiger partial charge in [-0.3, -0.25) is 0 Å². The van der Waals surface area contributed by atoms with E-state index in [4.69, 9.17) is 11.6 Å². The van der Waals surface area contributed by atoms with Gasteiger partial charge in [-0.25, -0.2) is 4.39 Å². The minimum Gasteiger partial charge on any atom is -0.207 e. The zero-order valence-electron chi connectivity index (χ0n) is 9.96. The predicted molar refractivity (Wildman–Crippen MR) is 77.6 cm³/mol. The first-order chi connectivity index (χ1) is 8.56. The van der Waals surface area contributed by atoms with Gasteiger partial charge in [0.1, 0.15) is 5.82 Å². The highest BCUT2D eigenvalue weighted by Gasteiger charge is 2.13. The number of hydrogen-bond acceptors (Lipinski definition) is 0. The van der Waals surface area contributed by atoms with Gasteiger partial charge in [0.05, 0.1) is 5.38 Å². The fourth-order valence-corrected chi connectivity index (χ4v) is 2.45. The van der Waals surface area contributed by atoms with Gasteiger partial charge in [0.15, 0.2) is 0 Å². The maximum atomic E-state index is 13.7. The number of rotatable bonds is 3. The van der Waals surface area contributed by atoms with E-state index in [1.165, 1.54) is 6.07 Å². The van der Waals surface area contributed by atoms with Crippen molar-refractivity contribution >= 4 is 27.5 Å². The molecule has 2 aromatic rings. The molecule has 0 nitrogen and oxygen atoms in total. The first-order valence-corrected chi connectivity index (χ1v) is 6.94. The molecule has 0 heterocycles. The third-order valence-corrected chi connectivity index (χ3v) is 3.74. The van der Waals surface area contributed by atoms with Crippen molar-refractivity contribution in [3.8, 4) is 0 Å². The molecule has 0 aliphatic carbocycles. The highest BCUT2D eigenvalue weighted by molar-refractivity contribution is 9.10. The highest BCUT2D eigenvalue weighted by Crippen LogP contribution is 2.28. The van der Waals surface area contributed by atoms with Crippen molar-refractivity contribution < 1.29 is 4.39 Å². The van der Waals surface area contributed by atoms with Crippen LogP contribution in [0.2, 0.25) is 0 Å². The number of alkyl halides is 1. The smallest absolute Gasteiger partial charge is 0.127 e. The second kappa shape index (κ2) is 5.85. The summed E-state index contributed by atoms with van der Waals surface area (Å²) < 4.78 is 14.7. The number of halogens is 3. The van der Waals surface area contributed by atoms with Crippen molar-refractivity contribution in [3.05, 3.63) is 69.4 Å². The Bertz CT molecular complexity index is 537. The molecule has 0 aliphatic rings. The second-order valence-electron chi connectivity index (χ2n) is 4.32. The summed E-state index contributed by atoms with van der Waals surface area (Å²) in [5.74, 6) is -0.238. The lowest BCUT2D eigenvalue weighted by Crippen LogP contribution is -1.99. The van der Waals surface area contributed by atoms with Gasteiger partial charge in [-0.15, -0.1) is 11.6 Å². The molecule has 1 unspecified atom stereocenters. The molecule has 1 atom stereocenters. The molecule has 0 aromatic heterocycles. The van der Waals surface area contributed by atoms with Crippen molar-refractivity contribution in [1.29, 1.82) is 0 Å². The van der Waals surface area contributed by atoms with Crippen LogP contribution in [-0.4, -0.2) is 0 Å². The van der Waals surface area contributed by atoms with Crippen molar-refractivity contribution in [1.82, 2.24) is 0 Å². The highest BCUT2D eigenvalue weighted by atomic mass is 79.9. The van der Waals surface area contributed by atoms with Crippen molar-refractivity contribution in [2.24, 2.45) is 0 Å². The van der Waals surface area contributed by atoms with E-state index in [2.05, 4.69) is 15.9 Å². The summed E-state index contributed by atoms with van der Waals surface area (Å²) in [6.07, 6.45) is 0.620. The monoisotopic (exact) mass is 326 g/mol. The standard InChI is InChI=1S/C15H13BrClF/c1-10-2-7-15(18)13(8-10)14(17)9-11-3-5-12(16)6-4-11/h2-8,14H,9H2,1H3. The first-order valence-electron chi connectivity index (χ1n) is 5.71. The maximum Gasteiger partial charge on any atom is 0.127 e. The number of hydrogen-bond donors (Lipinski definition) is 0. The fraction of sp³-hybridized carbons (Fsp3) is 0.200. The Morgan fingerprint density at radius 1 is 1.17 bits per heavy atom. The quantitative estimate of drug-likeness (QED) is 0.660. The lowest BCUT2D eigenvalue weighted by molar-refractivity contribution is 0.605. The van der Waals surface area contributed by atoms with Crippen LogP contribution in [0.4, 0.5) is 4.39 Å². The van der Waals surface area contributed by atoms with E-state index in [0.29, 0.717) is 12.0 Å². The summed E-state index contributed by atoms with van der Waals surface area (Å²) in [5.41, 5.74) is 2.69. The van der Waals surface area contributed by atoms with Crippen molar-refractivity contribution in [2.75, 3.05) is 0 Å². The van der Waals surface area contributed by atoms with E-state index in [-0.39, 0.29) is 11.2 Å². The minimum atomic E-state index is -0.342. The molecule has 0 saturated heterocycles. The number of benzene rings is 2. The molecular weight excluding hydrogens is 315 g/mol. The van der Waals surface area contributed by atoms with Gasteiger partial charge in [-0.05, 0) is 37.1 Å². The molecule has 2 aromatic carbocycles. The molecule has 0 spiro atoms. The molecular formula is C15H13BrClF. The third kappa shape index (κ3) is 3.33. The van der Waals surface area contributed by atoms with Crippen LogP contribution in [-0.2, 0) is 6.42 Å². The Labute approximate surface area is 120 Å². The van der Waals surface area contributed by atoms with E-state index in [1.807, 2.05) is 37.3 Å². The van der Waals surface area contributed by atoms with Crippen LogP contribution in [0.25, 0.3) is 0 Å². The summed E-state index contributed by atoms with van der Waals surface area (Å²) in [5, 5.41) is -0.342. The summed E-state index contributed by atoms with van der Waals surface area (Å²) in [6, 6.07) is 13.0. The van der Waals surface area contributed by atoms with Gasteiger partial charge in [0.2, 0.25) is 0 Å². The Hall–Kier alpha value is -0.860. The van der Waals surface area contributed by atoms with Gasteiger partial charge in [-0.2, -0.15) is 0 Å². The average Bonchev–Trinajstić information content (AvgIpc) is 2.35. The molecule has 94 valence electrons. The molecule has 0 fully saturated rings. The van der Waals surface area contributed by atoms with Gasteiger partial charge in [0, 0.05) is 10.0 Å². The Balaban J connectivity index is 2.18. The SMILES string of the molecule is Cc1ccc(F)c(C(Cl)Cc2ccc(Br)cc2)c1. The van der Waals surface area contributed by atoms with Crippen LogP contribution in [0.5, 0.6) is 0 Å². The lowest BCUT2D eigenvalue weighted by Gasteiger charge is -2.12. The van der Waals surface area contributed by atoms with Crippen LogP contribution >= 0.6 is 27.5 Å². The minimum absolute atomic E-state index is 0.238. The zero-order valence-corrected chi connectivity index (χ0v) is 12.3. The molecule has 0 aliphatic heterocycles. The normalized spacial score (nSPS) is 12.4. The third-order valence-electron chi connectivity index (χ3n) is 2.82. The van der Waals surface area contributed by atoms with Crippen LogP contribution in [0.1, 0.15) is 22.1 Å². The maximum absolute atomic E-state index is 13.7. The molecule has 3 heteroatoms. The Morgan fingerprint density at radius 2 is 1.83 bits per heavy atom. The van der Waals surface area contributed by atoms with Gasteiger partial charge >= 0.3 is 0 Å². The first kappa shape index (κ1) is 13.6. The van der Waals surface area contributed by atoms with Crippen LogP contribution < -0.4 is 0 Å². The van der Waals surface area contributed by atoms with E-state index in [0.717, 1.165) is 15.6 Å². The summed E-state index contributed by atoms with van der Waals surface area (Å²) >= 11 is 9.69. The van der Waals surface area contributed by atoms with E-state index in [1.54, 1.807) is 6.07 Å². The molecule has 2 rings (SSSR count). The second-order valence-corrected chi connectivity index (χ2v) is 5.77. The van der Waals surface area contributed by atoms with E-state index in [9.17, 15) is 4.39 Å². The molecule has 0 radical (unpaired) electrons. The van der Waals surface area contributed by atoms with E-state index < -0.39 is 0 Å². The summed E-state index contributed by atoms with van der Waals surface area (Å²) in [4.78, 5) is 0. The van der Waals surface area contributed by atoms with Gasteiger partial charge in [-0.1, -0.05) is 45.8 Å². The van der Waals surface area contributed by atoms with Gasteiger partial charge in [0.25, 0.3) is 0 Å². The van der Waals surface area contributed by atoms with Crippen LogP contribution in [0.15, 0.2) is 46.9 Å². The molecule has 18 heavy (non-hydrogen) atoms. The average molecular weight is 328 g/mol. The lowest BCUT2D eigenvalue weighted by atomic mass is 10.0. The molecule has 0 bridgehead atoms. The Kier molecular flexibility index (Phi) is 4.41. The van der Waals surface area contributed by atoms with E-state index >= 15 is 0 Å². The van der Waals surface area contributed by atoms with Gasteiger partial charge < -0.3 is 0 Å². The molecule has 0 saturated carbocycles. The summed E-state index contributed by atoms with van der Waals surface area (Å²) in [6.45, 7) is 1.94. The fourth-order valence-electron chi connectivity index (χ4n) is 1.84. The van der Waals surface area contributed by atoms with Crippen LogP contribution in [0.3, 0.4) is 0 Å².